The molecule has 0 unspecified atom stereocenters. The summed E-state index contributed by atoms with van der Waals surface area (Å²) >= 11 is 0. The minimum atomic E-state index is -0.275. The van der Waals surface area contributed by atoms with Crippen LogP contribution in [-0.4, -0.2) is 30.9 Å². The van der Waals surface area contributed by atoms with Gasteiger partial charge in [-0.1, -0.05) is 6.07 Å². The fourth-order valence-corrected chi connectivity index (χ4v) is 2.99. The molecule has 2 amide bonds. The third kappa shape index (κ3) is 3.60. The zero-order chi connectivity index (χ0) is 17.1. The number of fused-ring (bicyclic) bond motifs is 1. The summed E-state index contributed by atoms with van der Waals surface area (Å²) in [5, 5.41) is 5.61. The van der Waals surface area contributed by atoms with E-state index in [1.165, 1.54) is 12.8 Å². The van der Waals surface area contributed by atoms with Gasteiger partial charge in [-0.2, -0.15) is 0 Å². The highest BCUT2D eigenvalue weighted by molar-refractivity contribution is 5.89. The highest BCUT2D eigenvalue weighted by Crippen LogP contribution is 2.34. The predicted octanol–water partition coefficient (Wildman–Crippen LogP) is 2.73. The molecule has 2 aliphatic heterocycles. The van der Waals surface area contributed by atoms with E-state index in [2.05, 4.69) is 20.5 Å². The third-order valence-corrected chi connectivity index (χ3v) is 4.32. The van der Waals surface area contributed by atoms with Gasteiger partial charge in [0.1, 0.15) is 5.82 Å². The van der Waals surface area contributed by atoms with Crippen molar-refractivity contribution in [3.05, 3.63) is 42.1 Å². The maximum absolute atomic E-state index is 12.0. The first-order valence-corrected chi connectivity index (χ1v) is 8.42. The highest BCUT2D eigenvalue weighted by Gasteiger charge is 2.15. The van der Waals surface area contributed by atoms with E-state index in [4.69, 9.17) is 9.47 Å². The van der Waals surface area contributed by atoms with Crippen LogP contribution >= 0.6 is 0 Å². The Morgan fingerprint density at radius 3 is 2.76 bits per heavy atom. The minimum Gasteiger partial charge on any atom is -0.454 e. The van der Waals surface area contributed by atoms with Crippen molar-refractivity contribution in [1.29, 1.82) is 0 Å². The smallest absolute Gasteiger partial charge is 0.319 e. The molecule has 0 atom stereocenters. The topological polar surface area (TPSA) is 75.7 Å². The number of pyridine rings is 1. The number of nitrogens with zero attached hydrogens (tertiary/aromatic N) is 2. The summed E-state index contributed by atoms with van der Waals surface area (Å²) in [6, 6.07) is 9.04. The van der Waals surface area contributed by atoms with E-state index in [1.54, 1.807) is 18.2 Å². The van der Waals surface area contributed by atoms with Crippen LogP contribution in [0.15, 0.2) is 36.5 Å². The molecule has 3 heterocycles. The summed E-state index contributed by atoms with van der Waals surface area (Å²) in [6.07, 6.45) is 4.27. The summed E-state index contributed by atoms with van der Waals surface area (Å²) in [5.74, 6) is 2.33. The molecular formula is C18H20N4O3. The number of rotatable bonds is 4. The van der Waals surface area contributed by atoms with Crippen molar-refractivity contribution in [2.24, 2.45) is 0 Å². The van der Waals surface area contributed by atoms with E-state index in [9.17, 15) is 4.79 Å². The van der Waals surface area contributed by atoms with Crippen molar-refractivity contribution in [3.63, 3.8) is 0 Å². The van der Waals surface area contributed by atoms with E-state index >= 15 is 0 Å². The Morgan fingerprint density at radius 2 is 1.96 bits per heavy atom. The number of aromatic nitrogens is 1. The van der Waals surface area contributed by atoms with Gasteiger partial charge in [-0.25, -0.2) is 9.78 Å². The molecule has 25 heavy (non-hydrogen) atoms. The van der Waals surface area contributed by atoms with Gasteiger partial charge >= 0.3 is 6.03 Å². The molecule has 0 bridgehead atoms. The van der Waals surface area contributed by atoms with Crippen molar-refractivity contribution < 1.29 is 14.3 Å². The van der Waals surface area contributed by atoms with Crippen LogP contribution < -0.4 is 25.0 Å². The fourth-order valence-electron chi connectivity index (χ4n) is 2.99. The second kappa shape index (κ2) is 6.88. The van der Waals surface area contributed by atoms with Gasteiger partial charge in [-0.05, 0) is 36.6 Å². The lowest BCUT2D eigenvalue weighted by Crippen LogP contribution is -2.28. The molecule has 1 aromatic heterocycles. The molecule has 2 aromatic rings. The number of ether oxygens (including phenoxy) is 2. The molecule has 7 nitrogen and oxygen atoms in total. The van der Waals surface area contributed by atoms with E-state index < -0.39 is 0 Å². The van der Waals surface area contributed by atoms with E-state index in [0.29, 0.717) is 23.7 Å². The molecule has 0 saturated carbocycles. The van der Waals surface area contributed by atoms with Gasteiger partial charge in [-0.15, -0.1) is 0 Å². The van der Waals surface area contributed by atoms with Gasteiger partial charge in [0.25, 0.3) is 0 Å². The summed E-state index contributed by atoms with van der Waals surface area (Å²) in [7, 11) is 0. The molecule has 2 aliphatic rings. The number of carbonyl (C=O) groups excluding carboxylic acids is 1. The van der Waals surface area contributed by atoms with Crippen LogP contribution in [-0.2, 0) is 6.54 Å². The first-order valence-electron chi connectivity index (χ1n) is 8.42. The number of benzene rings is 1. The monoisotopic (exact) mass is 340 g/mol. The number of carbonyl (C=O) groups is 1. The zero-order valence-corrected chi connectivity index (χ0v) is 13.8. The lowest BCUT2D eigenvalue weighted by atomic mass is 10.2. The van der Waals surface area contributed by atoms with Crippen molar-refractivity contribution in [1.82, 2.24) is 10.3 Å². The Morgan fingerprint density at radius 1 is 1.12 bits per heavy atom. The normalized spacial score (nSPS) is 15.3. The highest BCUT2D eigenvalue weighted by atomic mass is 16.7. The number of anilines is 2. The van der Waals surface area contributed by atoms with Gasteiger partial charge in [0.05, 0.1) is 0 Å². The van der Waals surface area contributed by atoms with Crippen LogP contribution in [0, 0.1) is 0 Å². The molecule has 1 aromatic carbocycles. The minimum absolute atomic E-state index is 0.214. The Hall–Kier alpha value is -2.96. The lowest BCUT2D eigenvalue weighted by Gasteiger charge is -2.16. The van der Waals surface area contributed by atoms with Crippen molar-refractivity contribution in [3.8, 4) is 11.5 Å². The predicted molar refractivity (Wildman–Crippen MR) is 94.1 cm³/mol. The Kier molecular flexibility index (Phi) is 4.28. The second-order valence-electron chi connectivity index (χ2n) is 6.09. The molecule has 4 rings (SSSR count). The molecule has 0 spiro atoms. The molecule has 0 radical (unpaired) electrons. The molecular weight excluding hydrogens is 320 g/mol. The first kappa shape index (κ1) is 15.6. The van der Waals surface area contributed by atoms with Crippen LogP contribution in [0.4, 0.5) is 16.3 Å². The molecule has 1 saturated heterocycles. The van der Waals surface area contributed by atoms with E-state index in [-0.39, 0.29) is 12.8 Å². The maximum atomic E-state index is 12.0. The summed E-state index contributed by atoms with van der Waals surface area (Å²) in [4.78, 5) is 18.8. The van der Waals surface area contributed by atoms with Crippen molar-refractivity contribution in [2.75, 3.05) is 30.1 Å². The molecule has 130 valence electrons. The molecule has 7 heteroatoms. The lowest BCUT2D eigenvalue weighted by molar-refractivity contribution is 0.174. The molecule has 0 aliphatic carbocycles. The second-order valence-corrected chi connectivity index (χ2v) is 6.09. The van der Waals surface area contributed by atoms with Crippen LogP contribution in [0.2, 0.25) is 0 Å². The Labute approximate surface area is 145 Å². The number of amides is 2. The maximum Gasteiger partial charge on any atom is 0.319 e. The zero-order valence-electron chi connectivity index (χ0n) is 13.8. The van der Waals surface area contributed by atoms with Gasteiger partial charge in [0, 0.05) is 37.6 Å². The summed E-state index contributed by atoms with van der Waals surface area (Å²) in [6.45, 7) is 2.78. The molecule has 2 N–H and O–H groups in total. The number of hydrogen-bond donors (Lipinski definition) is 2. The van der Waals surface area contributed by atoms with E-state index in [0.717, 1.165) is 24.5 Å². The summed E-state index contributed by atoms with van der Waals surface area (Å²) in [5.41, 5.74) is 1.62. The Balaban J connectivity index is 1.29. The largest absolute Gasteiger partial charge is 0.454 e. The van der Waals surface area contributed by atoms with Crippen LogP contribution in [0.3, 0.4) is 0 Å². The SMILES string of the molecule is O=C(NCc1ccc(N2CCCC2)nc1)Nc1ccc2c(c1)OCO2. The quantitative estimate of drug-likeness (QED) is 0.895. The van der Waals surface area contributed by atoms with Crippen LogP contribution in [0.1, 0.15) is 18.4 Å². The Bertz CT molecular complexity index is 757. The number of urea groups is 1. The van der Waals surface area contributed by atoms with Gasteiger partial charge in [0.2, 0.25) is 6.79 Å². The van der Waals surface area contributed by atoms with Crippen LogP contribution in [0.5, 0.6) is 11.5 Å². The van der Waals surface area contributed by atoms with Gasteiger partial charge in [-0.3, -0.25) is 0 Å². The van der Waals surface area contributed by atoms with Gasteiger partial charge in [0.15, 0.2) is 11.5 Å². The number of hydrogen-bond acceptors (Lipinski definition) is 5. The average molecular weight is 340 g/mol. The van der Waals surface area contributed by atoms with Gasteiger partial charge < -0.3 is 25.0 Å². The number of nitrogens with one attached hydrogen (secondary N) is 2. The van der Waals surface area contributed by atoms with E-state index in [1.807, 2.05) is 18.3 Å². The third-order valence-electron chi connectivity index (χ3n) is 4.32. The van der Waals surface area contributed by atoms with Crippen molar-refractivity contribution in [2.45, 2.75) is 19.4 Å². The average Bonchev–Trinajstić information content (AvgIpc) is 3.32. The fraction of sp³-hybridized carbons (Fsp3) is 0.333. The standard InChI is InChI=1S/C18H20N4O3/c23-18(21-14-4-5-15-16(9-14)25-12-24-15)20-11-13-3-6-17(19-10-13)22-7-1-2-8-22/h3-6,9-10H,1-2,7-8,11-12H2,(H2,20,21,23). The summed E-state index contributed by atoms with van der Waals surface area (Å²) < 4.78 is 10.5. The van der Waals surface area contributed by atoms with Crippen LogP contribution in [0.25, 0.3) is 0 Å². The first-order chi connectivity index (χ1) is 12.3. The molecule has 1 fully saturated rings. The van der Waals surface area contributed by atoms with Crippen molar-refractivity contribution >= 4 is 17.5 Å².